The topological polar surface area (TPSA) is 49.7 Å². The Morgan fingerprint density at radius 2 is 2.32 bits per heavy atom. The molecule has 19 heavy (non-hydrogen) atoms. The van der Waals surface area contributed by atoms with Gasteiger partial charge >= 0.3 is 7.12 Å². The molecule has 100 valence electrons. The summed E-state index contributed by atoms with van der Waals surface area (Å²) in [7, 11) is -0.982. The Hall–Kier alpha value is -1.04. The largest absolute Gasteiger partial charge is 0.508 e. The molecule has 1 aromatic rings. The highest BCUT2D eigenvalue weighted by Crippen LogP contribution is 2.36. The van der Waals surface area contributed by atoms with Crippen LogP contribution in [0.3, 0.4) is 0 Å². The first kappa shape index (κ1) is 14.4. The standard InChI is InChI=1S/C14H16BBrO3/c1-3-9(2)12-5-7-14(19-15(12)18)11-8-10(16)4-6-13(11)17/h4-6,8,14,17-18H,2-3,7H2,1H3. The molecule has 0 spiro atoms. The fraction of sp³-hybridized carbons (Fsp3) is 0.286. The molecule has 1 aromatic carbocycles. The van der Waals surface area contributed by atoms with Crippen LogP contribution in [0.2, 0.25) is 0 Å². The molecule has 0 saturated carbocycles. The van der Waals surface area contributed by atoms with E-state index < -0.39 is 7.12 Å². The van der Waals surface area contributed by atoms with Crippen molar-refractivity contribution in [3.63, 3.8) is 0 Å². The summed E-state index contributed by atoms with van der Waals surface area (Å²) in [6.45, 7) is 5.90. The van der Waals surface area contributed by atoms with Crippen LogP contribution in [0.4, 0.5) is 0 Å². The second-order valence-electron chi connectivity index (χ2n) is 4.53. The molecule has 1 heterocycles. The van der Waals surface area contributed by atoms with Gasteiger partial charge in [-0.25, -0.2) is 0 Å². The number of phenols is 1. The quantitative estimate of drug-likeness (QED) is 0.837. The van der Waals surface area contributed by atoms with Gasteiger partial charge in [0.25, 0.3) is 0 Å². The molecule has 0 radical (unpaired) electrons. The number of hydrogen-bond acceptors (Lipinski definition) is 3. The zero-order valence-electron chi connectivity index (χ0n) is 10.8. The van der Waals surface area contributed by atoms with Crippen LogP contribution < -0.4 is 0 Å². The molecule has 1 unspecified atom stereocenters. The summed E-state index contributed by atoms with van der Waals surface area (Å²) in [4.78, 5) is 0. The Balaban J connectivity index is 2.24. The molecule has 0 amide bonds. The lowest BCUT2D eigenvalue weighted by atomic mass is 9.70. The molecule has 1 aliphatic rings. The lowest BCUT2D eigenvalue weighted by Gasteiger charge is -2.26. The number of benzene rings is 1. The van der Waals surface area contributed by atoms with E-state index in [2.05, 4.69) is 22.5 Å². The Morgan fingerprint density at radius 1 is 1.58 bits per heavy atom. The Kier molecular flexibility index (Phi) is 4.50. The molecule has 3 nitrogen and oxygen atoms in total. The van der Waals surface area contributed by atoms with Crippen LogP contribution in [-0.2, 0) is 4.65 Å². The second kappa shape index (κ2) is 5.95. The number of aromatic hydroxyl groups is 1. The smallest absolute Gasteiger partial charge is 0.491 e. The van der Waals surface area contributed by atoms with Crippen LogP contribution >= 0.6 is 15.9 Å². The lowest BCUT2D eigenvalue weighted by Crippen LogP contribution is -2.28. The summed E-state index contributed by atoms with van der Waals surface area (Å²) >= 11 is 3.37. The van der Waals surface area contributed by atoms with Crippen molar-refractivity contribution in [1.29, 1.82) is 0 Å². The second-order valence-corrected chi connectivity index (χ2v) is 5.45. The molecule has 0 aliphatic carbocycles. The fourth-order valence-corrected chi connectivity index (χ4v) is 2.50. The molecule has 1 atom stereocenters. The normalized spacial score (nSPS) is 19.2. The Labute approximate surface area is 121 Å². The zero-order chi connectivity index (χ0) is 14.0. The van der Waals surface area contributed by atoms with Crippen LogP contribution in [0.25, 0.3) is 0 Å². The molecule has 2 rings (SSSR count). The Morgan fingerprint density at radius 3 is 2.95 bits per heavy atom. The van der Waals surface area contributed by atoms with Crippen LogP contribution in [0, 0.1) is 0 Å². The van der Waals surface area contributed by atoms with Gasteiger partial charge in [0.1, 0.15) is 5.75 Å². The number of allylic oxidation sites excluding steroid dienone is 2. The number of rotatable bonds is 3. The van der Waals surface area contributed by atoms with E-state index in [4.69, 9.17) is 4.65 Å². The third kappa shape index (κ3) is 3.11. The number of phenolic OH excluding ortho intramolecular Hbond substituents is 1. The molecular formula is C14H16BBrO3. The predicted octanol–water partition coefficient (Wildman–Crippen LogP) is 3.53. The summed E-state index contributed by atoms with van der Waals surface area (Å²) in [5.74, 6) is 0.173. The number of hydrogen-bond donors (Lipinski definition) is 2. The van der Waals surface area contributed by atoms with Crippen LogP contribution in [-0.4, -0.2) is 17.2 Å². The van der Waals surface area contributed by atoms with Gasteiger partial charge in [0.2, 0.25) is 0 Å². The minimum absolute atomic E-state index is 0.173. The maximum Gasteiger partial charge on any atom is 0.491 e. The first-order chi connectivity index (χ1) is 9.02. The average Bonchev–Trinajstić information content (AvgIpc) is 2.40. The molecule has 2 N–H and O–H groups in total. The maximum absolute atomic E-state index is 10.0. The van der Waals surface area contributed by atoms with Crippen molar-refractivity contribution in [2.24, 2.45) is 0 Å². The molecule has 0 fully saturated rings. The van der Waals surface area contributed by atoms with E-state index in [0.29, 0.717) is 12.0 Å². The van der Waals surface area contributed by atoms with Crippen molar-refractivity contribution >= 4 is 23.0 Å². The molecular weight excluding hydrogens is 307 g/mol. The molecule has 1 aliphatic heterocycles. The summed E-state index contributed by atoms with van der Waals surface area (Å²) in [5, 5.41) is 19.9. The van der Waals surface area contributed by atoms with Gasteiger partial charge in [-0.3, -0.25) is 0 Å². The van der Waals surface area contributed by atoms with E-state index in [1.165, 1.54) is 0 Å². The minimum atomic E-state index is -0.982. The maximum atomic E-state index is 10.0. The highest BCUT2D eigenvalue weighted by Gasteiger charge is 2.31. The third-order valence-electron chi connectivity index (χ3n) is 3.28. The summed E-state index contributed by atoms with van der Waals surface area (Å²) < 4.78 is 6.46. The average molecular weight is 323 g/mol. The molecule has 0 bridgehead atoms. The first-order valence-corrected chi connectivity index (χ1v) is 7.02. The van der Waals surface area contributed by atoms with Gasteiger partial charge in [0.05, 0.1) is 6.10 Å². The SMILES string of the molecule is C=C(CC)C1=CCC(c2cc(Br)ccc2O)OB1O. The summed E-state index contributed by atoms with van der Waals surface area (Å²) in [6.07, 6.45) is 2.97. The van der Waals surface area contributed by atoms with Crippen molar-refractivity contribution in [3.05, 3.63) is 51.9 Å². The zero-order valence-corrected chi connectivity index (χ0v) is 12.4. The van der Waals surface area contributed by atoms with E-state index in [1.54, 1.807) is 18.2 Å². The van der Waals surface area contributed by atoms with Crippen molar-refractivity contribution in [3.8, 4) is 5.75 Å². The van der Waals surface area contributed by atoms with Gasteiger partial charge in [-0.15, -0.1) is 0 Å². The first-order valence-electron chi connectivity index (χ1n) is 6.23. The minimum Gasteiger partial charge on any atom is -0.508 e. The lowest BCUT2D eigenvalue weighted by molar-refractivity contribution is 0.165. The highest BCUT2D eigenvalue weighted by atomic mass is 79.9. The summed E-state index contributed by atoms with van der Waals surface area (Å²) in [5.41, 5.74) is 2.29. The molecule has 5 heteroatoms. The van der Waals surface area contributed by atoms with Gasteiger partial charge in [0, 0.05) is 10.0 Å². The third-order valence-corrected chi connectivity index (χ3v) is 3.78. The van der Waals surface area contributed by atoms with Crippen LogP contribution in [0.1, 0.15) is 31.4 Å². The molecule has 0 aromatic heterocycles. The van der Waals surface area contributed by atoms with Gasteiger partial charge in [-0.05, 0) is 36.5 Å². The Bertz CT molecular complexity index is 527. The van der Waals surface area contributed by atoms with Crippen LogP contribution in [0.15, 0.2) is 46.4 Å². The molecule has 0 saturated heterocycles. The van der Waals surface area contributed by atoms with E-state index >= 15 is 0 Å². The monoisotopic (exact) mass is 322 g/mol. The number of halogens is 1. The van der Waals surface area contributed by atoms with Gasteiger partial charge in [-0.1, -0.05) is 41.1 Å². The van der Waals surface area contributed by atoms with Crippen molar-refractivity contribution < 1.29 is 14.8 Å². The van der Waals surface area contributed by atoms with Crippen molar-refractivity contribution in [2.45, 2.75) is 25.9 Å². The van der Waals surface area contributed by atoms with E-state index in [9.17, 15) is 10.1 Å². The van der Waals surface area contributed by atoms with Gasteiger partial charge in [-0.2, -0.15) is 0 Å². The van der Waals surface area contributed by atoms with Gasteiger partial charge in [0.15, 0.2) is 0 Å². The fourth-order valence-electron chi connectivity index (χ4n) is 2.13. The predicted molar refractivity (Wildman–Crippen MR) is 79.7 cm³/mol. The van der Waals surface area contributed by atoms with E-state index in [-0.39, 0.29) is 11.9 Å². The summed E-state index contributed by atoms with van der Waals surface area (Å²) in [6, 6.07) is 5.18. The highest BCUT2D eigenvalue weighted by molar-refractivity contribution is 9.10. The van der Waals surface area contributed by atoms with Gasteiger partial charge < -0.3 is 14.8 Å². The van der Waals surface area contributed by atoms with Crippen molar-refractivity contribution in [2.75, 3.05) is 0 Å². The van der Waals surface area contributed by atoms with E-state index in [0.717, 1.165) is 21.9 Å². The van der Waals surface area contributed by atoms with Crippen molar-refractivity contribution in [1.82, 2.24) is 0 Å². The van der Waals surface area contributed by atoms with E-state index in [1.807, 2.05) is 13.0 Å². The van der Waals surface area contributed by atoms with Crippen LogP contribution in [0.5, 0.6) is 5.75 Å².